The Balaban J connectivity index is 0.000000198. The predicted molar refractivity (Wildman–Crippen MR) is 138 cm³/mol. The number of fused-ring (bicyclic) bond motifs is 3. The fourth-order valence-corrected chi connectivity index (χ4v) is 4.28. The predicted octanol–water partition coefficient (Wildman–Crippen LogP) is -3.34. The van der Waals surface area contributed by atoms with Gasteiger partial charge in [-0.1, -0.05) is 0 Å². The van der Waals surface area contributed by atoms with Gasteiger partial charge in [-0.2, -0.15) is 9.55 Å². The first-order valence-electron chi connectivity index (χ1n) is 11.2. The van der Waals surface area contributed by atoms with Gasteiger partial charge >= 0.3 is 17.1 Å². The SMILES string of the molecule is Cn1c(=O)c2c(nc(-n3c(=O)[nH]c4ncn(C)c4c3=O)n2C)n(C)c1=O.Cn1cnc2c1c(=O)[nH]c(=O)n2C. The first kappa shape index (κ1) is 25.1. The second kappa shape index (κ2) is 8.50. The van der Waals surface area contributed by atoms with E-state index in [0.717, 1.165) is 9.13 Å². The van der Waals surface area contributed by atoms with Gasteiger partial charge in [0.05, 0.1) is 12.7 Å². The average molecular weight is 538 g/mol. The van der Waals surface area contributed by atoms with Gasteiger partial charge in [0.15, 0.2) is 33.5 Å². The van der Waals surface area contributed by atoms with Crippen LogP contribution in [0.15, 0.2) is 41.4 Å². The molecule has 0 fully saturated rings. The maximum Gasteiger partial charge on any atom is 0.337 e. The molecule has 6 rings (SSSR count). The molecule has 18 nitrogen and oxygen atoms in total. The summed E-state index contributed by atoms with van der Waals surface area (Å²) >= 11 is 0. The minimum absolute atomic E-state index is 0.0759. The molecular weight excluding hydrogens is 516 g/mol. The van der Waals surface area contributed by atoms with Crippen molar-refractivity contribution in [3.05, 3.63) is 75.2 Å². The maximum atomic E-state index is 12.8. The first-order valence-corrected chi connectivity index (χ1v) is 11.2. The molecule has 0 radical (unpaired) electrons. The Kier molecular flexibility index (Phi) is 5.47. The summed E-state index contributed by atoms with van der Waals surface area (Å²) in [4.78, 5) is 89.1. The fourth-order valence-electron chi connectivity index (χ4n) is 4.28. The van der Waals surface area contributed by atoms with Gasteiger partial charge in [0, 0.05) is 42.3 Å². The van der Waals surface area contributed by atoms with Crippen molar-refractivity contribution in [3.63, 3.8) is 0 Å². The summed E-state index contributed by atoms with van der Waals surface area (Å²) in [5.74, 6) is -0.0762. The molecule has 2 N–H and O–H groups in total. The molecule has 6 heterocycles. The third-order valence-electron chi connectivity index (χ3n) is 6.40. The van der Waals surface area contributed by atoms with Crippen molar-refractivity contribution in [1.29, 1.82) is 0 Å². The molecule has 0 aliphatic rings. The van der Waals surface area contributed by atoms with Gasteiger partial charge in [-0.25, -0.2) is 24.4 Å². The Labute approximate surface area is 214 Å². The van der Waals surface area contributed by atoms with E-state index >= 15 is 0 Å². The van der Waals surface area contributed by atoms with E-state index in [-0.39, 0.29) is 28.3 Å². The van der Waals surface area contributed by atoms with E-state index in [0.29, 0.717) is 11.2 Å². The molecule has 0 unspecified atom stereocenters. The van der Waals surface area contributed by atoms with E-state index in [4.69, 9.17) is 0 Å². The minimum Gasteiger partial charge on any atom is -0.328 e. The number of nitrogens with one attached hydrogen (secondary N) is 2. The van der Waals surface area contributed by atoms with Crippen molar-refractivity contribution < 1.29 is 0 Å². The van der Waals surface area contributed by atoms with Crippen molar-refractivity contribution in [2.24, 2.45) is 42.3 Å². The molecule has 18 heteroatoms. The molecule has 0 aliphatic carbocycles. The quantitative estimate of drug-likeness (QED) is 0.214. The van der Waals surface area contributed by atoms with Crippen LogP contribution in [0.3, 0.4) is 0 Å². The molecule has 0 atom stereocenters. The highest BCUT2D eigenvalue weighted by Gasteiger charge is 2.22. The summed E-state index contributed by atoms with van der Waals surface area (Å²) in [6, 6.07) is 0. The van der Waals surface area contributed by atoms with Crippen molar-refractivity contribution in [2.45, 2.75) is 0 Å². The third-order valence-corrected chi connectivity index (χ3v) is 6.40. The van der Waals surface area contributed by atoms with E-state index in [9.17, 15) is 28.8 Å². The van der Waals surface area contributed by atoms with Gasteiger partial charge < -0.3 is 13.7 Å². The highest BCUT2D eigenvalue weighted by molar-refractivity contribution is 5.73. The zero-order valence-electron chi connectivity index (χ0n) is 21.6. The number of H-pyrrole nitrogens is 2. The number of rotatable bonds is 1. The Bertz CT molecular complexity index is 2330. The average Bonchev–Trinajstić information content (AvgIpc) is 3.56. The molecular formula is C21H22N12O6. The van der Waals surface area contributed by atoms with E-state index < -0.39 is 33.7 Å². The van der Waals surface area contributed by atoms with Gasteiger partial charge in [-0.05, 0) is 0 Å². The van der Waals surface area contributed by atoms with Crippen molar-refractivity contribution in [1.82, 2.24) is 56.9 Å². The fraction of sp³-hybridized carbons (Fsp3) is 0.286. The summed E-state index contributed by atoms with van der Waals surface area (Å²) in [6.45, 7) is 0. The lowest BCUT2D eigenvalue weighted by atomic mass is 10.5. The van der Waals surface area contributed by atoms with E-state index in [1.807, 2.05) is 0 Å². The van der Waals surface area contributed by atoms with Gasteiger partial charge in [0.1, 0.15) is 0 Å². The number of aromatic amines is 2. The summed E-state index contributed by atoms with van der Waals surface area (Å²) in [6.07, 6.45) is 2.90. The number of hydrogen-bond acceptors (Lipinski definition) is 9. The number of aryl methyl sites for hydroxylation is 5. The van der Waals surface area contributed by atoms with Crippen LogP contribution in [0.25, 0.3) is 39.4 Å². The van der Waals surface area contributed by atoms with Crippen molar-refractivity contribution in [3.8, 4) is 5.95 Å². The molecule has 0 saturated carbocycles. The smallest absolute Gasteiger partial charge is 0.328 e. The molecule has 39 heavy (non-hydrogen) atoms. The lowest BCUT2D eigenvalue weighted by Gasteiger charge is -2.05. The highest BCUT2D eigenvalue weighted by atomic mass is 16.2. The van der Waals surface area contributed by atoms with Gasteiger partial charge in [0.2, 0.25) is 5.95 Å². The summed E-state index contributed by atoms with van der Waals surface area (Å²) < 4.78 is 8.60. The molecule has 0 aromatic carbocycles. The molecule has 0 saturated heterocycles. The van der Waals surface area contributed by atoms with Crippen LogP contribution in [-0.4, -0.2) is 56.9 Å². The molecule has 0 aliphatic heterocycles. The van der Waals surface area contributed by atoms with Crippen LogP contribution >= 0.6 is 0 Å². The second-order valence-corrected chi connectivity index (χ2v) is 8.82. The van der Waals surface area contributed by atoms with Gasteiger partial charge in [0.25, 0.3) is 16.7 Å². The first-order chi connectivity index (χ1) is 18.3. The summed E-state index contributed by atoms with van der Waals surface area (Å²) in [5.41, 5.74) is -2.06. The topological polar surface area (TPSA) is 207 Å². The Morgan fingerprint density at radius 2 is 1.26 bits per heavy atom. The van der Waals surface area contributed by atoms with Crippen LogP contribution in [0, 0.1) is 0 Å². The number of hydrogen-bond donors (Lipinski definition) is 2. The molecule has 6 aromatic rings. The third kappa shape index (κ3) is 3.52. The zero-order chi connectivity index (χ0) is 28.5. The number of imidazole rings is 3. The monoisotopic (exact) mass is 538 g/mol. The Hall–Kier alpha value is -5.55. The number of aromatic nitrogens is 12. The van der Waals surface area contributed by atoms with Crippen LogP contribution in [0.4, 0.5) is 0 Å². The standard InChI is InChI=1S/C14H14N8O4.C7H8N4O2/c1-18-5-15-8-6(18)11(24)22(13(25)16-8)12-17-9-7(19(12)2)10(23)21(4)14(26)20(9)3;1-10-3-8-5-4(10)6(12)9-7(13)11(5)2/h5H,1-4H3,(H,16,25);3H,1-2H3,(H,9,12,13). The lowest BCUT2D eigenvalue weighted by Crippen LogP contribution is -2.37. The van der Waals surface area contributed by atoms with Crippen molar-refractivity contribution in [2.75, 3.05) is 0 Å². The van der Waals surface area contributed by atoms with Crippen LogP contribution in [0.5, 0.6) is 0 Å². The minimum atomic E-state index is -0.749. The molecule has 0 amide bonds. The summed E-state index contributed by atoms with van der Waals surface area (Å²) in [5, 5.41) is 0. The molecule has 6 aromatic heterocycles. The zero-order valence-corrected chi connectivity index (χ0v) is 21.6. The molecule has 202 valence electrons. The van der Waals surface area contributed by atoms with Crippen LogP contribution < -0.4 is 33.7 Å². The van der Waals surface area contributed by atoms with E-state index in [1.54, 1.807) is 25.7 Å². The lowest BCUT2D eigenvalue weighted by molar-refractivity contribution is 0.705. The van der Waals surface area contributed by atoms with Gasteiger partial charge in [-0.3, -0.25) is 38.1 Å². The summed E-state index contributed by atoms with van der Waals surface area (Å²) in [7, 11) is 9.18. The number of nitrogens with zero attached hydrogens (tertiary/aromatic N) is 10. The molecule has 0 spiro atoms. The normalized spacial score (nSPS) is 11.4. The largest absolute Gasteiger partial charge is 0.337 e. The Morgan fingerprint density at radius 3 is 1.95 bits per heavy atom. The van der Waals surface area contributed by atoms with E-state index in [1.165, 1.54) is 52.1 Å². The van der Waals surface area contributed by atoms with Crippen LogP contribution in [0.2, 0.25) is 0 Å². The maximum absolute atomic E-state index is 12.8. The van der Waals surface area contributed by atoms with Gasteiger partial charge in [-0.15, -0.1) is 0 Å². The van der Waals surface area contributed by atoms with Crippen molar-refractivity contribution >= 4 is 33.5 Å². The van der Waals surface area contributed by atoms with Crippen LogP contribution in [-0.2, 0) is 42.3 Å². The van der Waals surface area contributed by atoms with E-state index in [2.05, 4.69) is 24.9 Å². The Morgan fingerprint density at radius 1 is 0.615 bits per heavy atom. The molecule has 0 bridgehead atoms. The highest BCUT2D eigenvalue weighted by Crippen LogP contribution is 2.11. The second-order valence-electron chi connectivity index (χ2n) is 8.82. The van der Waals surface area contributed by atoms with Crippen LogP contribution in [0.1, 0.15) is 0 Å².